The Hall–Kier alpha value is -3.07. The summed E-state index contributed by atoms with van der Waals surface area (Å²) in [6, 6.07) is 25.0. The SMILES string of the molecule is COc1ccc(-c2nc3ccccc3n2Cc2cccc(C)c2)cc1. The van der Waals surface area contributed by atoms with E-state index in [0.717, 1.165) is 34.7 Å². The highest BCUT2D eigenvalue weighted by atomic mass is 16.5. The van der Waals surface area contributed by atoms with E-state index in [9.17, 15) is 0 Å². The van der Waals surface area contributed by atoms with Gasteiger partial charge >= 0.3 is 0 Å². The van der Waals surface area contributed by atoms with Gasteiger partial charge in [0, 0.05) is 12.1 Å². The highest BCUT2D eigenvalue weighted by Gasteiger charge is 2.13. The van der Waals surface area contributed by atoms with Gasteiger partial charge in [-0.05, 0) is 48.9 Å². The minimum Gasteiger partial charge on any atom is -0.497 e. The summed E-state index contributed by atoms with van der Waals surface area (Å²) in [6.07, 6.45) is 0. The molecule has 0 atom stereocenters. The molecule has 0 aliphatic heterocycles. The Bertz CT molecular complexity index is 1020. The first-order chi connectivity index (χ1) is 12.2. The fourth-order valence-corrected chi connectivity index (χ4v) is 3.19. The lowest BCUT2D eigenvalue weighted by Crippen LogP contribution is -2.02. The average molecular weight is 328 g/mol. The first kappa shape index (κ1) is 15.5. The summed E-state index contributed by atoms with van der Waals surface area (Å²) < 4.78 is 7.56. The second kappa shape index (κ2) is 6.44. The monoisotopic (exact) mass is 328 g/mol. The topological polar surface area (TPSA) is 27.1 Å². The number of methoxy groups -OCH3 is 1. The van der Waals surface area contributed by atoms with Crippen LogP contribution >= 0.6 is 0 Å². The quantitative estimate of drug-likeness (QED) is 0.523. The predicted octanol–water partition coefficient (Wildman–Crippen LogP) is 5.07. The van der Waals surface area contributed by atoms with E-state index in [1.165, 1.54) is 11.1 Å². The molecule has 0 fully saturated rings. The summed E-state index contributed by atoms with van der Waals surface area (Å²) in [6.45, 7) is 2.92. The molecule has 1 aromatic heterocycles. The van der Waals surface area contributed by atoms with Crippen LogP contribution in [0.4, 0.5) is 0 Å². The van der Waals surface area contributed by atoms with Crippen LogP contribution < -0.4 is 4.74 Å². The predicted molar refractivity (Wildman–Crippen MR) is 102 cm³/mol. The summed E-state index contributed by atoms with van der Waals surface area (Å²) in [5.74, 6) is 1.83. The first-order valence-corrected chi connectivity index (χ1v) is 8.40. The molecule has 3 aromatic carbocycles. The molecule has 124 valence electrons. The summed E-state index contributed by atoms with van der Waals surface area (Å²) >= 11 is 0. The first-order valence-electron chi connectivity index (χ1n) is 8.40. The number of para-hydroxylation sites is 2. The van der Waals surface area contributed by atoms with E-state index in [4.69, 9.17) is 9.72 Å². The molecule has 0 aliphatic rings. The molecule has 25 heavy (non-hydrogen) atoms. The molecule has 3 heteroatoms. The van der Waals surface area contributed by atoms with Crippen molar-refractivity contribution >= 4 is 11.0 Å². The van der Waals surface area contributed by atoms with E-state index in [2.05, 4.69) is 66.1 Å². The lowest BCUT2D eigenvalue weighted by molar-refractivity contribution is 0.415. The molecular formula is C22H20N2O. The zero-order chi connectivity index (χ0) is 17.2. The second-order valence-corrected chi connectivity index (χ2v) is 6.23. The van der Waals surface area contributed by atoms with Gasteiger partial charge in [0.25, 0.3) is 0 Å². The fourth-order valence-electron chi connectivity index (χ4n) is 3.19. The average Bonchev–Trinajstić information content (AvgIpc) is 3.00. The maximum Gasteiger partial charge on any atom is 0.141 e. The number of nitrogens with zero attached hydrogens (tertiary/aromatic N) is 2. The van der Waals surface area contributed by atoms with E-state index >= 15 is 0 Å². The summed E-state index contributed by atoms with van der Waals surface area (Å²) in [5, 5.41) is 0. The van der Waals surface area contributed by atoms with Gasteiger partial charge in [-0.1, -0.05) is 42.0 Å². The van der Waals surface area contributed by atoms with Crippen molar-refractivity contribution in [2.45, 2.75) is 13.5 Å². The highest BCUT2D eigenvalue weighted by Crippen LogP contribution is 2.27. The van der Waals surface area contributed by atoms with Gasteiger partial charge in [-0.15, -0.1) is 0 Å². The van der Waals surface area contributed by atoms with Crippen molar-refractivity contribution in [1.82, 2.24) is 9.55 Å². The van der Waals surface area contributed by atoms with Crippen LogP contribution in [0.2, 0.25) is 0 Å². The Morgan fingerprint density at radius 2 is 1.72 bits per heavy atom. The normalized spacial score (nSPS) is 11.0. The van der Waals surface area contributed by atoms with Gasteiger partial charge in [0.2, 0.25) is 0 Å². The maximum atomic E-state index is 5.28. The molecule has 0 unspecified atom stereocenters. The molecule has 0 bridgehead atoms. The van der Waals surface area contributed by atoms with Crippen molar-refractivity contribution in [3.05, 3.63) is 83.9 Å². The molecule has 0 saturated heterocycles. The molecule has 0 amide bonds. The number of imidazole rings is 1. The third-order valence-corrected chi connectivity index (χ3v) is 4.43. The molecule has 3 nitrogen and oxygen atoms in total. The van der Waals surface area contributed by atoms with E-state index in [-0.39, 0.29) is 0 Å². The summed E-state index contributed by atoms with van der Waals surface area (Å²) in [4.78, 5) is 4.88. The van der Waals surface area contributed by atoms with Gasteiger partial charge in [0.1, 0.15) is 11.6 Å². The number of ether oxygens (including phenoxy) is 1. The number of hydrogen-bond acceptors (Lipinski definition) is 2. The lowest BCUT2D eigenvalue weighted by atomic mass is 10.1. The summed E-state index contributed by atoms with van der Waals surface area (Å²) in [5.41, 5.74) is 5.80. The van der Waals surface area contributed by atoms with Crippen LogP contribution in [0.15, 0.2) is 72.8 Å². The van der Waals surface area contributed by atoms with Crippen LogP contribution in [-0.2, 0) is 6.54 Å². The molecule has 0 radical (unpaired) electrons. The molecule has 4 rings (SSSR count). The fraction of sp³-hybridized carbons (Fsp3) is 0.136. The molecule has 0 N–H and O–H groups in total. The van der Waals surface area contributed by atoms with Gasteiger partial charge in [-0.3, -0.25) is 0 Å². The van der Waals surface area contributed by atoms with Crippen molar-refractivity contribution in [3.8, 4) is 17.1 Å². The Kier molecular flexibility index (Phi) is 3.98. The lowest BCUT2D eigenvalue weighted by Gasteiger charge is -2.11. The number of rotatable bonds is 4. The smallest absolute Gasteiger partial charge is 0.141 e. The molecule has 4 aromatic rings. The van der Waals surface area contributed by atoms with Gasteiger partial charge < -0.3 is 9.30 Å². The van der Waals surface area contributed by atoms with Crippen molar-refractivity contribution < 1.29 is 4.74 Å². The van der Waals surface area contributed by atoms with Crippen molar-refractivity contribution in [2.75, 3.05) is 7.11 Å². The van der Waals surface area contributed by atoms with E-state index < -0.39 is 0 Å². The molecule has 0 spiro atoms. The maximum absolute atomic E-state index is 5.28. The van der Waals surface area contributed by atoms with Crippen molar-refractivity contribution in [1.29, 1.82) is 0 Å². The summed E-state index contributed by atoms with van der Waals surface area (Å²) in [7, 11) is 1.68. The standard InChI is InChI=1S/C22H20N2O/c1-16-6-5-7-17(14-16)15-24-21-9-4-3-8-20(21)23-22(24)18-10-12-19(25-2)13-11-18/h3-14H,15H2,1-2H3. The van der Waals surface area contributed by atoms with Crippen LogP contribution in [0, 0.1) is 6.92 Å². The minimum absolute atomic E-state index is 0.795. The third-order valence-electron chi connectivity index (χ3n) is 4.43. The van der Waals surface area contributed by atoms with Crippen molar-refractivity contribution in [2.24, 2.45) is 0 Å². The van der Waals surface area contributed by atoms with Crippen LogP contribution in [0.1, 0.15) is 11.1 Å². The highest BCUT2D eigenvalue weighted by molar-refractivity contribution is 5.80. The minimum atomic E-state index is 0.795. The van der Waals surface area contributed by atoms with E-state index in [1.54, 1.807) is 7.11 Å². The number of aryl methyl sites for hydroxylation is 1. The molecular weight excluding hydrogens is 308 g/mol. The Labute approximate surface area is 147 Å². The van der Waals surface area contributed by atoms with Gasteiger partial charge in [-0.2, -0.15) is 0 Å². The zero-order valence-electron chi connectivity index (χ0n) is 14.4. The Balaban J connectivity index is 1.85. The number of fused-ring (bicyclic) bond motifs is 1. The van der Waals surface area contributed by atoms with Crippen LogP contribution in [-0.4, -0.2) is 16.7 Å². The van der Waals surface area contributed by atoms with Gasteiger partial charge in [0.15, 0.2) is 0 Å². The third kappa shape index (κ3) is 3.01. The van der Waals surface area contributed by atoms with Crippen LogP contribution in [0.5, 0.6) is 5.75 Å². The molecule has 1 heterocycles. The van der Waals surface area contributed by atoms with E-state index in [0.29, 0.717) is 0 Å². The number of aromatic nitrogens is 2. The van der Waals surface area contributed by atoms with Crippen LogP contribution in [0.3, 0.4) is 0 Å². The second-order valence-electron chi connectivity index (χ2n) is 6.23. The van der Waals surface area contributed by atoms with Gasteiger partial charge in [-0.25, -0.2) is 4.98 Å². The van der Waals surface area contributed by atoms with Crippen molar-refractivity contribution in [3.63, 3.8) is 0 Å². The number of hydrogen-bond donors (Lipinski definition) is 0. The van der Waals surface area contributed by atoms with Crippen LogP contribution in [0.25, 0.3) is 22.4 Å². The van der Waals surface area contributed by atoms with Gasteiger partial charge in [0.05, 0.1) is 18.1 Å². The largest absolute Gasteiger partial charge is 0.497 e. The Morgan fingerprint density at radius 3 is 2.48 bits per heavy atom. The molecule has 0 saturated carbocycles. The number of benzene rings is 3. The Morgan fingerprint density at radius 1 is 0.920 bits per heavy atom. The molecule has 0 aliphatic carbocycles. The van der Waals surface area contributed by atoms with E-state index in [1.807, 2.05) is 18.2 Å². The zero-order valence-corrected chi connectivity index (χ0v) is 14.4.